The first-order valence-electron chi connectivity index (χ1n) is 8.24. The molecule has 1 amide bonds. The van der Waals surface area contributed by atoms with Gasteiger partial charge >= 0.3 is 0 Å². The minimum Gasteiger partial charge on any atom is -0.388 e. The first kappa shape index (κ1) is 17.6. The number of carbonyl (C=O) groups is 1. The van der Waals surface area contributed by atoms with Gasteiger partial charge in [-0.25, -0.2) is 0 Å². The summed E-state index contributed by atoms with van der Waals surface area (Å²) < 4.78 is 0. The summed E-state index contributed by atoms with van der Waals surface area (Å²) in [5, 5.41) is 25.9. The largest absolute Gasteiger partial charge is 0.388 e. The number of nitrogens with one attached hydrogen (secondary N) is 1. The van der Waals surface area contributed by atoms with Gasteiger partial charge in [0, 0.05) is 24.2 Å². The van der Waals surface area contributed by atoms with Crippen LogP contribution >= 0.6 is 0 Å². The van der Waals surface area contributed by atoms with Gasteiger partial charge in [0.2, 0.25) is 0 Å². The fourth-order valence-corrected chi connectivity index (χ4v) is 2.86. The number of hydrogen-bond donors (Lipinski definition) is 2. The highest BCUT2D eigenvalue weighted by molar-refractivity contribution is 5.94. The Hall–Kier alpha value is -3.25. The molecule has 26 heavy (non-hydrogen) atoms. The average Bonchev–Trinajstić information content (AvgIpc) is 2.67. The van der Waals surface area contributed by atoms with Crippen molar-refractivity contribution in [1.82, 2.24) is 5.32 Å². The lowest BCUT2D eigenvalue weighted by atomic mass is 9.99. The van der Waals surface area contributed by atoms with Gasteiger partial charge in [0.15, 0.2) is 0 Å². The summed E-state index contributed by atoms with van der Waals surface area (Å²) >= 11 is 0. The molecule has 0 radical (unpaired) electrons. The topological polar surface area (TPSA) is 92.5 Å². The molecule has 0 aliphatic rings. The maximum absolute atomic E-state index is 12.1. The minimum atomic E-state index is -0.696. The zero-order valence-electron chi connectivity index (χ0n) is 14.0. The Kier molecular flexibility index (Phi) is 5.24. The number of benzene rings is 3. The fourth-order valence-electron chi connectivity index (χ4n) is 2.86. The van der Waals surface area contributed by atoms with Crippen LogP contribution in [0.1, 0.15) is 28.4 Å². The van der Waals surface area contributed by atoms with Crippen molar-refractivity contribution in [3.05, 3.63) is 88.0 Å². The summed E-state index contributed by atoms with van der Waals surface area (Å²) in [4.78, 5) is 22.2. The molecule has 0 saturated carbocycles. The van der Waals surface area contributed by atoms with Gasteiger partial charge in [-0.2, -0.15) is 0 Å². The number of aliphatic hydroxyl groups excluding tert-OH is 1. The first-order valence-corrected chi connectivity index (χ1v) is 8.24. The lowest BCUT2D eigenvalue weighted by molar-refractivity contribution is -0.384. The van der Waals surface area contributed by atoms with E-state index in [-0.39, 0.29) is 11.6 Å². The van der Waals surface area contributed by atoms with Crippen molar-refractivity contribution in [2.75, 3.05) is 6.54 Å². The Morgan fingerprint density at radius 2 is 1.73 bits per heavy atom. The Labute approximate surface area is 150 Å². The van der Waals surface area contributed by atoms with Gasteiger partial charge in [-0.1, -0.05) is 42.5 Å². The number of amides is 1. The monoisotopic (exact) mass is 350 g/mol. The van der Waals surface area contributed by atoms with Crippen LogP contribution in [0, 0.1) is 10.1 Å². The fraction of sp³-hybridized carbons (Fsp3) is 0.150. The highest BCUT2D eigenvalue weighted by atomic mass is 16.6. The number of nitro benzene ring substituents is 1. The zero-order chi connectivity index (χ0) is 18.5. The molecular weight excluding hydrogens is 332 g/mol. The molecule has 0 heterocycles. The van der Waals surface area contributed by atoms with Crippen molar-refractivity contribution in [1.29, 1.82) is 0 Å². The van der Waals surface area contributed by atoms with Crippen LogP contribution in [0.3, 0.4) is 0 Å². The summed E-state index contributed by atoms with van der Waals surface area (Å²) in [5.41, 5.74) is 1.11. The number of nitro groups is 1. The Bertz CT molecular complexity index is 933. The van der Waals surface area contributed by atoms with Crippen LogP contribution in [0.2, 0.25) is 0 Å². The van der Waals surface area contributed by atoms with E-state index in [1.165, 1.54) is 24.3 Å². The Morgan fingerprint density at radius 3 is 2.46 bits per heavy atom. The van der Waals surface area contributed by atoms with E-state index < -0.39 is 11.0 Å². The van der Waals surface area contributed by atoms with Crippen LogP contribution in [0.4, 0.5) is 5.69 Å². The maximum Gasteiger partial charge on any atom is 0.269 e. The van der Waals surface area contributed by atoms with Crippen LogP contribution < -0.4 is 5.32 Å². The Morgan fingerprint density at radius 1 is 1.04 bits per heavy atom. The standard InChI is InChI=1S/C20H18N2O4/c23-19(18-7-3-5-14-4-1-2-6-17(14)18)12-13-21-20(24)15-8-10-16(11-9-15)22(25)26/h1-11,19,23H,12-13H2,(H,21,24). The third-order valence-electron chi connectivity index (χ3n) is 4.23. The van der Waals surface area contributed by atoms with E-state index in [1.807, 2.05) is 42.5 Å². The molecule has 0 aliphatic heterocycles. The van der Waals surface area contributed by atoms with Crippen LogP contribution in [0.5, 0.6) is 0 Å². The molecule has 1 unspecified atom stereocenters. The molecule has 0 fully saturated rings. The van der Waals surface area contributed by atoms with Crippen molar-refractivity contribution in [3.63, 3.8) is 0 Å². The third-order valence-corrected chi connectivity index (χ3v) is 4.23. The summed E-state index contributed by atoms with van der Waals surface area (Å²) in [5.74, 6) is -0.329. The van der Waals surface area contributed by atoms with Gasteiger partial charge in [0.1, 0.15) is 0 Å². The maximum atomic E-state index is 12.1. The number of aliphatic hydroxyl groups is 1. The van der Waals surface area contributed by atoms with Gasteiger partial charge < -0.3 is 10.4 Å². The van der Waals surface area contributed by atoms with E-state index in [9.17, 15) is 20.0 Å². The number of nitrogens with zero attached hydrogens (tertiary/aromatic N) is 1. The molecule has 3 aromatic carbocycles. The second-order valence-electron chi connectivity index (χ2n) is 5.93. The number of carbonyl (C=O) groups excluding carboxylic acids is 1. The van der Waals surface area contributed by atoms with E-state index in [0.717, 1.165) is 16.3 Å². The molecule has 1 atom stereocenters. The molecule has 0 saturated heterocycles. The highest BCUT2D eigenvalue weighted by Crippen LogP contribution is 2.25. The number of hydrogen-bond acceptors (Lipinski definition) is 4. The van der Waals surface area contributed by atoms with Crippen molar-refractivity contribution in [2.24, 2.45) is 0 Å². The lowest BCUT2D eigenvalue weighted by Gasteiger charge is -2.14. The second-order valence-corrected chi connectivity index (χ2v) is 5.93. The molecule has 0 bridgehead atoms. The molecule has 132 valence electrons. The van der Waals surface area contributed by atoms with Gasteiger partial charge in [-0.05, 0) is 34.9 Å². The molecule has 0 aromatic heterocycles. The minimum absolute atomic E-state index is 0.0621. The molecule has 3 rings (SSSR count). The van der Waals surface area contributed by atoms with Gasteiger partial charge in [-0.15, -0.1) is 0 Å². The second kappa shape index (κ2) is 7.76. The Balaban J connectivity index is 1.60. The molecule has 6 nitrogen and oxygen atoms in total. The molecule has 2 N–H and O–H groups in total. The summed E-state index contributed by atoms with van der Waals surface area (Å²) in [6.07, 6.45) is -0.328. The molecule has 6 heteroatoms. The number of non-ortho nitro benzene ring substituents is 1. The average molecular weight is 350 g/mol. The lowest BCUT2D eigenvalue weighted by Crippen LogP contribution is -2.25. The van der Waals surface area contributed by atoms with Gasteiger partial charge in [0.25, 0.3) is 11.6 Å². The van der Waals surface area contributed by atoms with Crippen molar-refractivity contribution in [2.45, 2.75) is 12.5 Å². The van der Waals surface area contributed by atoms with Crippen molar-refractivity contribution < 1.29 is 14.8 Å². The molecule has 3 aromatic rings. The highest BCUT2D eigenvalue weighted by Gasteiger charge is 2.13. The van der Waals surface area contributed by atoms with E-state index >= 15 is 0 Å². The van der Waals surface area contributed by atoms with E-state index in [0.29, 0.717) is 18.5 Å². The molecular formula is C20H18N2O4. The zero-order valence-corrected chi connectivity index (χ0v) is 14.0. The smallest absolute Gasteiger partial charge is 0.269 e. The first-order chi connectivity index (χ1) is 12.6. The summed E-state index contributed by atoms with van der Waals surface area (Å²) in [6.45, 7) is 0.292. The summed E-state index contributed by atoms with van der Waals surface area (Å²) in [7, 11) is 0. The normalized spacial score (nSPS) is 11.9. The van der Waals surface area contributed by atoms with Gasteiger partial charge in [0.05, 0.1) is 11.0 Å². The van der Waals surface area contributed by atoms with E-state index in [1.54, 1.807) is 0 Å². The molecule has 0 spiro atoms. The van der Waals surface area contributed by atoms with Crippen LogP contribution in [0.25, 0.3) is 10.8 Å². The van der Waals surface area contributed by atoms with Crippen molar-refractivity contribution in [3.8, 4) is 0 Å². The van der Waals surface area contributed by atoms with Gasteiger partial charge in [-0.3, -0.25) is 14.9 Å². The third kappa shape index (κ3) is 3.87. The summed E-state index contributed by atoms with van der Waals surface area (Å²) in [6, 6.07) is 19.0. The van der Waals surface area contributed by atoms with Crippen LogP contribution in [0.15, 0.2) is 66.7 Å². The van der Waals surface area contributed by atoms with Crippen LogP contribution in [-0.4, -0.2) is 22.5 Å². The predicted molar refractivity (Wildman–Crippen MR) is 99.0 cm³/mol. The quantitative estimate of drug-likeness (QED) is 0.525. The predicted octanol–water partition coefficient (Wildman–Crippen LogP) is 3.60. The SMILES string of the molecule is O=C(NCCC(O)c1cccc2ccccc12)c1ccc([N+](=O)[O-])cc1. The van der Waals surface area contributed by atoms with E-state index in [2.05, 4.69) is 5.32 Å². The molecule has 0 aliphatic carbocycles. The van der Waals surface area contributed by atoms with Crippen LogP contribution in [-0.2, 0) is 0 Å². The van der Waals surface area contributed by atoms with E-state index in [4.69, 9.17) is 0 Å². The number of fused-ring (bicyclic) bond motifs is 1. The number of rotatable bonds is 6. The van der Waals surface area contributed by atoms with Crippen molar-refractivity contribution >= 4 is 22.4 Å².